The number of Topliss-reactive ketones (excluding diaryl/α,β-unsaturated/α-hetero) is 1. The summed E-state index contributed by atoms with van der Waals surface area (Å²) in [6.45, 7) is 9.43. The first-order chi connectivity index (χ1) is 7.70. The molecule has 0 bridgehead atoms. The van der Waals surface area contributed by atoms with E-state index < -0.39 is 11.7 Å². The molecule has 1 saturated heterocycles. The van der Waals surface area contributed by atoms with Crippen molar-refractivity contribution in [3.05, 3.63) is 0 Å². The second-order valence-corrected chi connectivity index (χ2v) is 5.41. The first kappa shape index (κ1) is 14.0. The number of amides is 1. The third-order valence-electron chi connectivity index (χ3n) is 2.51. The number of nitrogens with zero attached hydrogens (tertiary/aromatic N) is 1. The van der Waals surface area contributed by atoms with Crippen molar-refractivity contribution >= 4 is 11.9 Å². The summed E-state index contributed by atoms with van der Waals surface area (Å²) in [7, 11) is 0. The largest absolute Gasteiger partial charge is 0.444 e. The molecule has 1 aliphatic heterocycles. The average Bonchev–Trinajstić information content (AvgIpc) is 2.14. The Balaban J connectivity index is 2.67. The van der Waals surface area contributed by atoms with Crippen LogP contribution in [-0.2, 0) is 14.3 Å². The van der Waals surface area contributed by atoms with E-state index in [2.05, 4.69) is 0 Å². The summed E-state index contributed by atoms with van der Waals surface area (Å²) in [6, 6.07) is -0.0690. The average molecular weight is 243 g/mol. The first-order valence-corrected chi connectivity index (χ1v) is 5.82. The Morgan fingerprint density at radius 2 is 1.94 bits per heavy atom. The number of carbonyl (C=O) groups is 2. The number of ketones is 1. The molecule has 2 atom stereocenters. The van der Waals surface area contributed by atoms with Gasteiger partial charge in [-0.3, -0.25) is 4.79 Å². The lowest BCUT2D eigenvalue weighted by Crippen LogP contribution is -2.54. The van der Waals surface area contributed by atoms with Crippen LogP contribution in [0, 0.1) is 0 Å². The van der Waals surface area contributed by atoms with Crippen LogP contribution in [0.25, 0.3) is 0 Å². The van der Waals surface area contributed by atoms with Crippen LogP contribution in [0.5, 0.6) is 0 Å². The van der Waals surface area contributed by atoms with Gasteiger partial charge in [-0.1, -0.05) is 0 Å². The molecule has 0 aromatic rings. The lowest BCUT2D eigenvalue weighted by molar-refractivity contribution is -0.136. The Morgan fingerprint density at radius 3 is 2.41 bits per heavy atom. The van der Waals surface area contributed by atoms with E-state index in [4.69, 9.17) is 9.47 Å². The second-order valence-electron chi connectivity index (χ2n) is 5.41. The van der Waals surface area contributed by atoms with E-state index in [1.54, 1.807) is 4.90 Å². The van der Waals surface area contributed by atoms with Crippen LogP contribution in [0.2, 0.25) is 0 Å². The Hall–Kier alpha value is -1.10. The van der Waals surface area contributed by atoms with Crippen molar-refractivity contribution in [2.24, 2.45) is 0 Å². The van der Waals surface area contributed by atoms with Gasteiger partial charge in [-0.05, 0) is 34.6 Å². The smallest absolute Gasteiger partial charge is 0.410 e. The van der Waals surface area contributed by atoms with Crippen molar-refractivity contribution in [1.29, 1.82) is 0 Å². The van der Waals surface area contributed by atoms with Gasteiger partial charge in [0.05, 0.1) is 19.2 Å². The zero-order valence-corrected chi connectivity index (χ0v) is 11.1. The highest BCUT2D eigenvalue weighted by molar-refractivity contribution is 5.81. The maximum Gasteiger partial charge on any atom is 0.410 e. The zero-order chi connectivity index (χ0) is 13.2. The summed E-state index contributed by atoms with van der Waals surface area (Å²) in [5.74, 6) is -0.0644. The lowest BCUT2D eigenvalue weighted by atomic mass is 10.1. The van der Waals surface area contributed by atoms with Crippen molar-refractivity contribution < 1.29 is 19.1 Å². The van der Waals surface area contributed by atoms with Crippen LogP contribution < -0.4 is 0 Å². The van der Waals surface area contributed by atoms with Crippen molar-refractivity contribution in [2.45, 2.75) is 52.4 Å². The summed E-state index contributed by atoms with van der Waals surface area (Å²) in [4.78, 5) is 24.7. The fourth-order valence-electron chi connectivity index (χ4n) is 1.58. The van der Waals surface area contributed by atoms with Crippen LogP contribution in [0.15, 0.2) is 0 Å². The van der Waals surface area contributed by atoms with Crippen molar-refractivity contribution in [3.8, 4) is 0 Å². The molecule has 0 aromatic heterocycles. The normalized spacial score (nSPS) is 25.6. The molecular formula is C12H21NO4. The standard InChI is InChI=1S/C12H21NO4/c1-8-7-16-10(9(2)14)6-13(8)11(15)17-12(3,4)5/h8,10H,6-7H2,1-5H3/t8-,10+/m1/s1. The molecule has 1 amide bonds. The van der Waals surface area contributed by atoms with Gasteiger partial charge in [-0.15, -0.1) is 0 Å². The fraction of sp³-hybridized carbons (Fsp3) is 0.833. The number of carbonyl (C=O) groups excluding carboxylic acids is 2. The molecule has 0 aromatic carbocycles. The number of hydrogen-bond acceptors (Lipinski definition) is 4. The van der Waals surface area contributed by atoms with Crippen LogP contribution in [0.1, 0.15) is 34.6 Å². The highest BCUT2D eigenvalue weighted by Crippen LogP contribution is 2.17. The van der Waals surface area contributed by atoms with Crippen LogP contribution >= 0.6 is 0 Å². The zero-order valence-electron chi connectivity index (χ0n) is 11.1. The predicted octanol–water partition coefficient (Wildman–Crippen LogP) is 1.60. The highest BCUT2D eigenvalue weighted by atomic mass is 16.6. The Kier molecular flexibility index (Phi) is 4.14. The van der Waals surface area contributed by atoms with Crippen LogP contribution in [0.4, 0.5) is 4.79 Å². The van der Waals surface area contributed by atoms with Gasteiger partial charge in [-0.25, -0.2) is 4.79 Å². The number of rotatable bonds is 1. The Labute approximate surface area is 102 Å². The van der Waals surface area contributed by atoms with E-state index in [0.29, 0.717) is 6.61 Å². The van der Waals surface area contributed by atoms with Gasteiger partial charge in [-0.2, -0.15) is 0 Å². The van der Waals surface area contributed by atoms with Crippen LogP contribution in [0.3, 0.4) is 0 Å². The van der Waals surface area contributed by atoms with E-state index in [0.717, 1.165) is 0 Å². The third-order valence-corrected chi connectivity index (χ3v) is 2.51. The third kappa shape index (κ3) is 4.00. The molecule has 5 nitrogen and oxygen atoms in total. The Bertz CT molecular complexity index is 308. The first-order valence-electron chi connectivity index (χ1n) is 5.82. The number of hydrogen-bond donors (Lipinski definition) is 0. The molecule has 0 spiro atoms. The van der Waals surface area contributed by atoms with E-state index >= 15 is 0 Å². The van der Waals surface area contributed by atoms with Gasteiger partial charge in [0.1, 0.15) is 11.7 Å². The lowest BCUT2D eigenvalue weighted by Gasteiger charge is -2.37. The molecule has 17 heavy (non-hydrogen) atoms. The molecule has 98 valence electrons. The monoisotopic (exact) mass is 243 g/mol. The molecule has 1 heterocycles. The number of ether oxygens (including phenoxy) is 2. The predicted molar refractivity (Wildman–Crippen MR) is 62.8 cm³/mol. The molecule has 0 aliphatic carbocycles. The van der Waals surface area contributed by atoms with Gasteiger partial charge in [0, 0.05) is 0 Å². The molecule has 5 heteroatoms. The van der Waals surface area contributed by atoms with E-state index in [1.807, 2.05) is 27.7 Å². The molecular weight excluding hydrogens is 222 g/mol. The van der Waals surface area contributed by atoms with Crippen molar-refractivity contribution in [2.75, 3.05) is 13.2 Å². The van der Waals surface area contributed by atoms with Gasteiger partial charge in [0.15, 0.2) is 5.78 Å². The summed E-state index contributed by atoms with van der Waals surface area (Å²) in [6.07, 6.45) is -0.918. The van der Waals surface area contributed by atoms with E-state index in [1.165, 1.54) is 6.92 Å². The molecule has 0 radical (unpaired) electrons. The molecule has 0 N–H and O–H groups in total. The van der Waals surface area contributed by atoms with E-state index in [-0.39, 0.29) is 24.5 Å². The molecule has 1 aliphatic rings. The second kappa shape index (κ2) is 5.04. The maximum absolute atomic E-state index is 11.9. The summed E-state index contributed by atoms with van der Waals surface area (Å²) < 4.78 is 10.7. The molecule has 0 saturated carbocycles. The topological polar surface area (TPSA) is 55.8 Å². The summed E-state index contributed by atoms with van der Waals surface area (Å²) in [5, 5.41) is 0. The molecule has 0 unspecified atom stereocenters. The molecule has 1 rings (SSSR count). The van der Waals surface area contributed by atoms with Crippen molar-refractivity contribution in [1.82, 2.24) is 4.90 Å². The summed E-state index contributed by atoms with van der Waals surface area (Å²) >= 11 is 0. The van der Waals surface area contributed by atoms with Gasteiger partial charge < -0.3 is 14.4 Å². The minimum absolute atomic E-state index is 0.0644. The van der Waals surface area contributed by atoms with Crippen LogP contribution in [-0.4, -0.2) is 47.7 Å². The van der Waals surface area contributed by atoms with Gasteiger partial charge in [0.2, 0.25) is 0 Å². The number of morpholine rings is 1. The quantitative estimate of drug-likeness (QED) is 0.702. The summed E-state index contributed by atoms with van der Waals surface area (Å²) in [5.41, 5.74) is -0.527. The SMILES string of the molecule is CC(=O)[C@@H]1CN(C(=O)OC(C)(C)C)[C@H](C)CO1. The minimum atomic E-state index is -0.529. The maximum atomic E-state index is 11.9. The minimum Gasteiger partial charge on any atom is -0.444 e. The Morgan fingerprint density at radius 1 is 1.35 bits per heavy atom. The van der Waals surface area contributed by atoms with Crippen molar-refractivity contribution in [3.63, 3.8) is 0 Å². The van der Waals surface area contributed by atoms with Gasteiger partial charge >= 0.3 is 6.09 Å². The van der Waals surface area contributed by atoms with E-state index in [9.17, 15) is 9.59 Å². The molecule has 1 fully saturated rings. The fourth-order valence-corrected chi connectivity index (χ4v) is 1.58. The highest BCUT2D eigenvalue weighted by Gasteiger charge is 2.34. The van der Waals surface area contributed by atoms with Gasteiger partial charge in [0.25, 0.3) is 0 Å².